The highest BCUT2D eigenvalue weighted by Gasteiger charge is 2.21. The first-order chi connectivity index (χ1) is 9.66. The van der Waals surface area contributed by atoms with Crippen molar-refractivity contribution < 1.29 is 9.66 Å². The molecule has 1 saturated heterocycles. The van der Waals surface area contributed by atoms with Crippen LogP contribution in [-0.4, -0.2) is 35.7 Å². The Kier molecular flexibility index (Phi) is 3.23. The van der Waals surface area contributed by atoms with Gasteiger partial charge < -0.3 is 9.64 Å². The highest BCUT2D eigenvalue weighted by molar-refractivity contribution is 5.99. The van der Waals surface area contributed by atoms with E-state index >= 15 is 0 Å². The first-order valence-electron chi connectivity index (χ1n) is 6.54. The molecule has 0 radical (unpaired) electrons. The lowest BCUT2D eigenvalue weighted by atomic mass is 10.1. The van der Waals surface area contributed by atoms with Crippen LogP contribution in [0.15, 0.2) is 30.6 Å². The van der Waals surface area contributed by atoms with Gasteiger partial charge in [-0.15, -0.1) is 0 Å². The van der Waals surface area contributed by atoms with E-state index in [2.05, 4.69) is 9.88 Å². The number of nitro benzene ring substituents is 1. The summed E-state index contributed by atoms with van der Waals surface area (Å²) in [7, 11) is 0. The summed E-state index contributed by atoms with van der Waals surface area (Å²) in [6.45, 7) is 4.28. The fourth-order valence-electron chi connectivity index (χ4n) is 2.63. The fourth-order valence-corrected chi connectivity index (χ4v) is 2.63. The Labute approximate surface area is 116 Å². The minimum absolute atomic E-state index is 0.0955. The zero-order chi connectivity index (χ0) is 14.1. The van der Waals surface area contributed by atoms with Gasteiger partial charge in [0.25, 0.3) is 5.69 Å². The maximum atomic E-state index is 11.1. The van der Waals surface area contributed by atoms with Crippen LogP contribution in [0.2, 0.25) is 0 Å². The van der Waals surface area contributed by atoms with Gasteiger partial charge in [0.15, 0.2) is 0 Å². The summed E-state index contributed by atoms with van der Waals surface area (Å²) in [6.07, 6.45) is 3.39. The van der Waals surface area contributed by atoms with Crippen LogP contribution in [0, 0.1) is 10.1 Å². The van der Waals surface area contributed by atoms with Crippen molar-refractivity contribution in [1.29, 1.82) is 0 Å². The van der Waals surface area contributed by atoms with Crippen molar-refractivity contribution in [1.82, 2.24) is 4.98 Å². The molecule has 2 heterocycles. The van der Waals surface area contributed by atoms with Crippen LogP contribution in [-0.2, 0) is 4.74 Å². The van der Waals surface area contributed by atoms with Gasteiger partial charge in [-0.3, -0.25) is 15.1 Å². The van der Waals surface area contributed by atoms with Gasteiger partial charge in [-0.2, -0.15) is 0 Å². The summed E-state index contributed by atoms with van der Waals surface area (Å²) in [4.78, 5) is 17.0. The van der Waals surface area contributed by atoms with Gasteiger partial charge in [0.2, 0.25) is 0 Å². The van der Waals surface area contributed by atoms with E-state index in [9.17, 15) is 10.1 Å². The number of hydrogen-bond donors (Lipinski definition) is 0. The second kappa shape index (κ2) is 5.05. The summed E-state index contributed by atoms with van der Waals surface area (Å²) in [5.41, 5.74) is 1.10. The number of non-ortho nitro benzene ring substituents is 1. The van der Waals surface area contributed by atoms with Gasteiger partial charge in [0, 0.05) is 42.6 Å². The maximum Gasteiger partial charge on any atom is 0.278 e. The Morgan fingerprint density at radius 3 is 3.00 bits per heavy atom. The molecule has 0 bridgehead atoms. The number of pyridine rings is 1. The first kappa shape index (κ1) is 12.8. The monoisotopic (exact) mass is 273 g/mol. The summed E-state index contributed by atoms with van der Waals surface area (Å²) >= 11 is 0. The molecular weight excluding hydrogens is 258 g/mol. The average molecular weight is 273 g/mol. The molecular formula is C14H15N3O3. The Hall–Kier alpha value is -2.21. The molecule has 1 atom stereocenters. The molecule has 0 saturated carbocycles. The third kappa shape index (κ3) is 2.18. The van der Waals surface area contributed by atoms with Crippen LogP contribution in [0.3, 0.4) is 0 Å². The van der Waals surface area contributed by atoms with E-state index in [-0.39, 0.29) is 16.7 Å². The molecule has 20 heavy (non-hydrogen) atoms. The quantitative estimate of drug-likeness (QED) is 0.620. The second-order valence-electron chi connectivity index (χ2n) is 4.91. The molecule has 1 aromatic heterocycles. The van der Waals surface area contributed by atoms with E-state index in [4.69, 9.17) is 4.74 Å². The normalized spacial score (nSPS) is 19.2. The molecule has 6 heteroatoms. The molecule has 0 amide bonds. The van der Waals surface area contributed by atoms with Crippen LogP contribution in [0.25, 0.3) is 10.8 Å². The molecule has 0 N–H and O–H groups in total. The molecule has 0 aliphatic carbocycles. The standard InChI is InChI=1S/C14H15N3O3/c1-10-9-16(6-7-20-10)13-2-3-14(17(18)19)12-8-15-5-4-11(12)13/h2-5,8,10H,6-7,9H2,1H3. The lowest BCUT2D eigenvalue weighted by molar-refractivity contribution is -0.383. The van der Waals surface area contributed by atoms with Gasteiger partial charge in [-0.05, 0) is 19.1 Å². The van der Waals surface area contributed by atoms with Crippen LogP contribution >= 0.6 is 0 Å². The van der Waals surface area contributed by atoms with Gasteiger partial charge in [-0.1, -0.05) is 0 Å². The number of nitrogens with zero attached hydrogens (tertiary/aromatic N) is 3. The van der Waals surface area contributed by atoms with E-state index in [0.717, 1.165) is 24.2 Å². The van der Waals surface area contributed by atoms with Crippen LogP contribution in [0.5, 0.6) is 0 Å². The lowest BCUT2D eigenvalue weighted by Gasteiger charge is -2.33. The van der Waals surface area contributed by atoms with Crippen molar-refractivity contribution in [2.45, 2.75) is 13.0 Å². The molecule has 1 fully saturated rings. The summed E-state index contributed by atoms with van der Waals surface area (Å²) in [6, 6.07) is 5.20. The largest absolute Gasteiger partial charge is 0.375 e. The molecule has 2 aromatic rings. The van der Waals surface area contributed by atoms with Gasteiger partial charge in [0.05, 0.1) is 23.0 Å². The second-order valence-corrected chi connectivity index (χ2v) is 4.91. The number of aromatic nitrogens is 1. The van der Waals surface area contributed by atoms with Crippen LogP contribution in [0.1, 0.15) is 6.92 Å². The maximum absolute atomic E-state index is 11.1. The average Bonchev–Trinajstić information content (AvgIpc) is 2.46. The molecule has 1 aromatic carbocycles. The molecule has 0 spiro atoms. The number of ether oxygens (including phenoxy) is 1. The fraction of sp³-hybridized carbons (Fsp3) is 0.357. The molecule has 104 valence electrons. The summed E-state index contributed by atoms with van der Waals surface area (Å²) < 4.78 is 5.54. The summed E-state index contributed by atoms with van der Waals surface area (Å²) in [5, 5.41) is 12.5. The number of morpholine rings is 1. The predicted molar refractivity (Wildman–Crippen MR) is 76.0 cm³/mol. The SMILES string of the molecule is CC1CN(c2ccc([N+](=O)[O-])c3cnccc23)CCO1. The van der Waals surface area contributed by atoms with E-state index in [1.54, 1.807) is 18.5 Å². The van der Waals surface area contributed by atoms with E-state index in [1.165, 1.54) is 0 Å². The number of anilines is 1. The number of nitro groups is 1. The molecule has 1 unspecified atom stereocenters. The zero-order valence-corrected chi connectivity index (χ0v) is 11.2. The molecule has 1 aliphatic heterocycles. The van der Waals surface area contributed by atoms with Crippen molar-refractivity contribution in [3.05, 3.63) is 40.7 Å². The smallest absolute Gasteiger partial charge is 0.278 e. The highest BCUT2D eigenvalue weighted by atomic mass is 16.6. The van der Waals surface area contributed by atoms with Crippen molar-refractivity contribution in [2.24, 2.45) is 0 Å². The number of fused-ring (bicyclic) bond motifs is 1. The third-order valence-electron chi connectivity index (χ3n) is 3.55. The third-order valence-corrected chi connectivity index (χ3v) is 3.55. The van der Waals surface area contributed by atoms with Crippen molar-refractivity contribution in [2.75, 3.05) is 24.6 Å². The Balaban J connectivity index is 2.12. The number of rotatable bonds is 2. The van der Waals surface area contributed by atoms with Crippen LogP contribution in [0.4, 0.5) is 11.4 Å². The lowest BCUT2D eigenvalue weighted by Crippen LogP contribution is -2.41. The highest BCUT2D eigenvalue weighted by Crippen LogP contribution is 2.33. The predicted octanol–water partition coefficient (Wildman–Crippen LogP) is 2.37. The van der Waals surface area contributed by atoms with Crippen molar-refractivity contribution >= 4 is 22.1 Å². The van der Waals surface area contributed by atoms with E-state index < -0.39 is 0 Å². The molecule has 3 rings (SSSR count). The Bertz CT molecular complexity index is 659. The minimum atomic E-state index is -0.365. The van der Waals surface area contributed by atoms with E-state index in [1.807, 2.05) is 19.1 Å². The molecule has 1 aliphatic rings. The van der Waals surface area contributed by atoms with E-state index in [0.29, 0.717) is 12.0 Å². The van der Waals surface area contributed by atoms with Crippen molar-refractivity contribution in [3.8, 4) is 0 Å². The zero-order valence-electron chi connectivity index (χ0n) is 11.2. The Morgan fingerprint density at radius 2 is 2.25 bits per heavy atom. The number of hydrogen-bond acceptors (Lipinski definition) is 5. The van der Waals surface area contributed by atoms with Gasteiger partial charge >= 0.3 is 0 Å². The first-order valence-corrected chi connectivity index (χ1v) is 6.54. The van der Waals surface area contributed by atoms with Crippen molar-refractivity contribution in [3.63, 3.8) is 0 Å². The number of benzene rings is 1. The van der Waals surface area contributed by atoms with Crippen LogP contribution < -0.4 is 4.90 Å². The topological polar surface area (TPSA) is 68.5 Å². The Morgan fingerprint density at radius 1 is 1.40 bits per heavy atom. The van der Waals surface area contributed by atoms with Gasteiger partial charge in [0.1, 0.15) is 0 Å². The minimum Gasteiger partial charge on any atom is -0.375 e. The van der Waals surface area contributed by atoms with Gasteiger partial charge in [-0.25, -0.2) is 0 Å². The summed E-state index contributed by atoms with van der Waals surface area (Å²) in [5.74, 6) is 0. The molecule has 6 nitrogen and oxygen atoms in total.